The van der Waals surface area contributed by atoms with Crippen LogP contribution >= 0.6 is 24.0 Å². The molecule has 1 aliphatic rings. The summed E-state index contributed by atoms with van der Waals surface area (Å²) in [4.78, 5) is 4.13. The molecule has 0 aromatic heterocycles. The molecule has 0 aliphatic carbocycles. The van der Waals surface area contributed by atoms with Gasteiger partial charge in [-0.2, -0.15) is 13.2 Å². The monoisotopic (exact) mass is 487 g/mol. The number of aliphatic imine (C=N–C) groups is 1. The Morgan fingerprint density at radius 1 is 1.31 bits per heavy atom. The molecule has 2 rings (SSSR count). The van der Waals surface area contributed by atoms with Gasteiger partial charge in [0.2, 0.25) is 0 Å². The van der Waals surface area contributed by atoms with Crippen LogP contribution in [0.4, 0.5) is 13.2 Å². The maximum absolute atomic E-state index is 12.3. The van der Waals surface area contributed by atoms with Crippen LogP contribution in [0.25, 0.3) is 0 Å². The summed E-state index contributed by atoms with van der Waals surface area (Å²) >= 11 is 0. The number of hydrogen-bond donors (Lipinski definition) is 2. The highest BCUT2D eigenvalue weighted by Crippen LogP contribution is 2.24. The maximum atomic E-state index is 12.3. The maximum Gasteiger partial charge on any atom is 0.422 e. The molecule has 148 valence electrons. The van der Waals surface area contributed by atoms with Crippen molar-refractivity contribution >= 4 is 29.9 Å². The van der Waals surface area contributed by atoms with Crippen LogP contribution in [-0.4, -0.2) is 44.5 Å². The van der Waals surface area contributed by atoms with E-state index < -0.39 is 12.8 Å². The number of rotatable bonds is 6. The second kappa shape index (κ2) is 10.2. The first-order valence-corrected chi connectivity index (χ1v) is 8.17. The molecular weight excluding hydrogens is 462 g/mol. The van der Waals surface area contributed by atoms with Crippen LogP contribution < -0.4 is 15.4 Å². The third kappa shape index (κ3) is 7.56. The molecule has 1 atom stereocenters. The summed E-state index contributed by atoms with van der Waals surface area (Å²) in [5.74, 6) is 0.760. The lowest BCUT2D eigenvalue weighted by Gasteiger charge is -2.24. The third-order valence-corrected chi connectivity index (χ3v) is 3.96. The van der Waals surface area contributed by atoms with Crippen LogP contribution in [0, 0.1) is 0 Å². The van der Waals surface area contributed by atoms with E-state index >= 15 is 0 Å². The molecule has 2 N–H and O–H groups in total. The third-order valence-electron chi connectivity index (χ3n) is 3.96. The van der Waals surface area contributed by atoms with E-state index in [-0.39, 0.29) is 35.3 Å². The minimum absolute atomic E-state index is 0. The Labute approximate surface area is 168 Å². The van der Waals surface area contributed by atoms with Gasteiger partial charge in [0, 0.05) is 32.3 Å². The van der Waals surface area contributed by atoms with Crippen LogP contribution in [0.2, 0.25) is 0 Å². The van der Waals surface area contributed by atoms with Gasteiger partial charge in [0.15, 0.2) is 12.6 Å². The van der Waals surface area contributed by atoms with Crippen molar-refractivity contribution in [3.8, 4) is 5.75 Å². The Kier molecular flexibility index (Phi) is 8.94. The first kappa shape index (κ1) is 22.8. The van der Waals surface area contributed by atoms with E-state index in [1.165, 1.54) is 6.07 Å². The average molecular weight is 487 g/mol. The van der Waals surface area contributed by atoms with E-state index in [0.29, 0.717) is 24.6 Å². The van der Waals surface area contributed by atoms with Crippen LogP contribution in [0.3, 0.4) is 0 Å². The van der Waals surface area contributed by atoms with Crippen molar-refractivity contribution in [2.45, 2.75) is 38.1 Å². The van der Waals surface area contributed by atoms with Gasteiger partial charge in [-0.1, -0.05) is 18.2 Å². The topological polar surface area (TPSA) is 54.9 Å². The molecule has 1 aromatic rings. The fourth-order valence-corrected chi connectivity index (χ4v) is 2.60. The first-order chi connectivity index (χ1) is 11.8. The summed E-state index contributed by atoms with van der Waals surface area (Å²) in [5.41, 5.74) is 0.406. The van der Waals surface area contributed by atoms with Crippen molar-refractivity contribution < 1.29 is 22.6 Å². The number of nitrogens with one attached hydrogen (secondary N) is 2. The van der Waals surface area contributed by atoms with Crippen LogP contribution in [0.5, 0.6) is 5.75 Å². The zero-order valence-corrected chi connectivity index (χ0v) is 17.2. The minimum Gasteiger partial charge on any atom is -0.484 e. The highest BCUT2D eigenvalue weighted by atomic mass is 127. The van der Waals surface area contributed by atoms with Crippen LogP contribution in [0.1, 0.15) is 25.3 Å². The van der Waals surface area contributed by atoms with Crippen molar-refractivity contribution in [1.82, 2.24) is 10.6 Å². The second-order valence-corrected chi connectivity index (χ2v) is 6.19. The van der Waals surface area contributed by atoms with Crippen molar-refractivity contribution in [3.63, 3.8) is 0 Å². The molecule has 1 aromatic carbocycles. The van der Waals surface area contributed by atoms with E-state index in [1.54, 1.807) is 25.2 Å². The molecule has 1 fully saturated rings. The Balaban J connectivity index is 0.00000338. The van der Waals surface area contributed by atoms with Gasteiger partial charge in [-0.25, -0.2) is 0 Å². The minimum atomic E-state index is -4.37. The summed E-state index contributed by atoms with van der Waals surface area (Å²) < 4.78 is 47.6. The molecule has 26 heavy (non-hydrogen) atoms. The Morgan fingerprint density at radius 3 is 2.65 bits per heavy atom. The fraction of sp³-hybridized carbons (Fsp3) is 0.588. The number of para-hydroxylation sites is 1. The molecule has 0 bridgehead atoms. The average Bonchev–Trinajstić information content (AvgIpc) is 3.00. The lowest BCUT2D eigenvalue weighted by molar-refractivity contribution is -0.153. The van der Waals surface area contributed by atoms with E-state index in [1.807, 2.05) is 6.92 Å². The lowest BCUT2D eigenvalue weighted by Crippen LogP contribution is -2.45. The summed E-state index contributed by atoms with van der Waals surface area (Å²) in [6.07, 6.45) is -2.35. The molecule has 1 heterocycles. The van der Waals surface area contributed by atoms with Gasteiger partial charge < -0.3 is 20.1 Å². The number of nitrogens with zero attached hydrogens (tertiary/aromatic N) is 1. The van der Waals surface area contributed by atoms with E-state index in [2.05, 4.69) is 15.6 Å². The smallest absolute Gasteiger partial charge is 0.422 e. The standard InChI is InChI=1S/C17H24F3N3O2.HI/c1-16(8-5-9-25-16)11-23-15(21-2)22-10-13-6-3-4-7-14(13)24-12-17(18,19)20;/h3-4,6-7H,5,8-12H2,1-2H3,(H2,21,22,23);1H. The van der Waals surface area contributed by atoms with Crippen molar-refractivity contribution in [2.24, 2.45) is 4.99 Å². The highest BCUT2D eigenvalue weighted by molar-refractivity contribution is 14.0. The van der Waals surface area contributed by atoms with E-state index in [0.717, 1.165) is 19.4 Å². The van der Waals surface area contributed by atoms with E-state index in [9.17, 15) is 13.2 Å². The van der Waals surface area contributed by atoms with Gasteiger partial charge in [-0.15, -0.1) is 24.0 Å². The number of guanidine groups is 1. The SMILES string of the molecule is CN=C(NCc1ccccc1OCC(F)(F)F)NCC1(C)CCCO1.I. The Morgan fingerprint density at radius 2 is 2.04 bits per heavy atom. The van der Waals surface area contributed by atoms with Gasteiger partial charge in [-0.3, -0.25) is 4.99 Å². The molecule has 9 heteroatoms. The van der Waals surface area contributed by atoms with Gasteiger partial charge in [0.05, 0.1) is 5.60 Å². The number of halogens is 4. The molecule has 1 unspecified atom stereocenters. The number of hydrogen-bond acceptors (Lipinski definition) is 3. The van der Waals surface area contributed by atoms with Crippen molar-refractivity contribution in [2.75, 3.05) is 26.8 Å². The summed E-state index contributed by atoms with van der Waals surface area (Å²) in [7, 11) is 1.64. The Hall–Kier alpha value is -1.23. The fourth-order valence-electron chi connectivity index (χ4n) is 2.60. The summed E-state index contributed by atoms with van der Waals surface area (Å²) in [6.45, 7) is 2.39. The Bertz CT molecular complexity index is 591. The predicted octanol–water partition coefficient (Wildman–Crippen LogP) is 3.48. The van der Waals surface area contributed by atoms with Gasteiger partial charge in [0.1, 0.15) is 5.75 Å². The number of benzene rings is 1. The van der Waals surface area contributed by atoms with Crippen molar-refractivity contribution in [1.29, 1.82) is 0 Å². The van der Waals surface area contributed by atoms with Crippen molar-refractivity contribution in [3.05, 3.63) is 29.8 Å². The second-order valence-electron chi connectivity index (χ2n) is 6.19. The quantitative estimate of drug-likeness (QED) is 0.367. The summed E-state index contributed by atoms with van der Waals surface area (Å²) in [5, 5.41) is 6.28. The molecule has 1 saturated heterocycles. The molecule has 0 saturated carbocycles. The number of alkyl halides is 3. The normalized spacial score (nSPS) is 20.4. The highest BCUT2D eigenvalue weighted by Gasteiger charge is 2.30. The summed E-state index contributed by atoms with van der Waals surface area (Å²) in [6, 6.07) is 6.63. The zero-order chi connectivity index (χ0) is 18.3. The largest absolute Gasteiger partial charge is 0.484 e. The van der Waals surface area contributed by atoms with Gasteiger partial charge in [-0.05, 0) is 25.8 Å². The van der Waals surface area contributed by atoms with Gasteiger partial charge in [0.25, 0.3) is 0 Å². The number of ether oxygens (including phenoxy) is 2. The first-order valence-electron chi connectivity index (χ1n) is 8.17. The van der Waals surface area contributed by atoms with Gasteiger partial charge >= 0.3 is 6.18 Å². The molecule has 1 aliphatic heterocycles. The predicted molar refractivity (Wildman–Crippen MR) is 105 cm³/mol. The molecular formula is C17H25F3IN3O2. The van der Waals surface area contributed by atoms with Crippen LogP contribution in [-0.2, 0) is 11.3 Å². The van der Waals surface area contributed by atoms with E-state index in [4.69, 9.17) is 9.47 Å². The zero-order valence-electron chi connectivity index (χ0n) is 14.9. The van der Waals surface area contributed by atoms with Crippen LogP contribution in [0.15, 0.2) is 29.3 Å². The molecule has 0 spiro atoms. The molecule has 5 nitrogen and oxygen atoms in total. The lowest BCUT2D eigenvalue weighted by atomic mass is 10.0. The molecule has 0 amide bonds. The molecule has 0 radical (unpaired) electrons.